The number of aromatic amines is 2. The normalized spacial score (nSPS) is 12.6. The second-order valence-corrected chi connectivity index (χ2v) is 11.5. The number of hydrogen-bond donors (Lipinski definition) is 2. The summed E-state index contributed by atoms with van der Waals surface area (Å²) in [5.74, 6) is 1.98. The van der Waals surface area contributed by atoms with E-state index in [4.69, 9.17) is 9.97 Å². The molecule has 0 aliphatic heterocycles. The molecule has 2 N–H and O–H groups in total. The zero-order chi connectivity index (χ0) is 25.5. The van der Waals surface area contributed by atoms with Crippen molar-refractivity contribution in [1.29, 1.82) is 0 Å². The highest BCUT2D eigenvalue weighted by Gasteiger charge is 2.23. The van der Waals surface area contributed by atoms with Gasteiger partial charge in [0.05, 0.1) is 22.1 Å². The van der Waals surface area contributed by atoms with Gasteiger partial charge in [0.25, 0.3) is 0 Å². The first-order chi connectivity index (χ1) is 17.2. The summed E-state index contributed by atoms with van der Waals surface area (Å²) in [4.78, 5) is 17.0. The molecular weight excluding hydrogens is 440 g/mol. The van der Waals surface area contributed by atoms with Gasteiger partial charge in [-0.05, 0) is 65.3 Å². The Hall–Kier alpha value is -3.40. The number of nitrogens with one attached hydrogen (secondary N) is 2. The van der Waals surface area contributed by atoms with E-state index in [0.29, 0.717) is 0 Å². The smallest absolute Gasteiger partial charge is 0.138 e. The van der Waals surface area contributed by atoms with Crippen LogP contribution in [0.4, 0.5) is 0 Å². The third-order valence-corrected chi connectivity index (χ3v) is 7.61. The van der Waals surface area contributed by atoms with Crippen LogP contribution in [0, 0.1) is 0 Å². The van der Waals surface area contributed by atoms with Gasteiger partial charge in [-0.2, -0.15) is 0 Å². The third kappa shape index (κ3) is 4.57. The number of imidazole rings is 2. The van der Waals surface area contributed by atoms with Crippen LogP contribution in [-0.2, 0) is 10.8 Å². The van der Waals surface area contributed by atoms with Crippen LogP contribution in [0.5, 0.6) is 0 Å². The number of H-pyrrole nitrogens is 2. The summed E-state index contributed by atoms with van der Waals surface area (Å²) in [6, 6.07) is 21.8. The van der Waals surface area contributed by atoms with Gasteiger partial charge in [-0.3, -0.25) is 0 Å². The van der Waals surface area contributed by atoms with Gasteiger partial charge in [-0.15, -0.1) is 0 Å². The molecule has 0 spiro atoms. The number of benzene rings is 3. The second kappa shape index (κ2) is 9.24. The Morgan fingerprint density at radius 3 is 1.92 bits per heavy atom. The lowest BCUT2D eigenvalue weighted by Crippen LogP contribution is -2.18. The first kappa shape index (κ1) is 24.3. The van der Waals surface area contributed by atoms with Crippen molar-refractivity contribution in [1.82, 2.24) is 19.9 Å². The van der Waals surface area contributed by atoms with Crippen molar-refractivity contribution in [2.45, 2.75) is 78.1 Å². The lowest BCUT2D eigenvalue weighted by Gasteiger charge is -2.25. The molecule has 3 aromatic carbocycles. The van der Waals surface area contributed by atoms with Crippen LogP contribution in [0.2, 0.25) is 0 Å². The van der Waals surface area contributed by atoms with E-state index in [0.717, 1.165) is 58.5 Å². The molecule has 0 aliphatic rings. The molecule has 0 saturated carbocycles. The molecule has 0 atom stereocenters. The monoisotopic (exact) mass is 478 g/mol. The average molecular weight is 479 g/mol. The third-order valence-electron chi connectivity index (χ3n) is 7.61. The number of aromatic nitrogens is 4. The van der Waals surface area contributed by atoms with Crippen molar-refractivity contribution in [3.8, 4) is 22.5 Å². The summed E-state index contributed by atoms with van der Waals surface area (Å²) in [6.45, 7) is 13.6. The lowest BCUT2D eigenvalue weighted by atomic mass is 9.80. The second-order valence-electron chi connectivity index (χ2n) is 11.5. The van der Waals surface area contributed by atoms with E-state index in [1.54, 1.807) is 0 Å². The molecule has 186 valence electrons. The fourth-order valence-corrected chi connectivity index (χ4v) is 5.44. The van der Waals surface area contributed by atoms with Crippen molar-refractivity contribution >= 4 is 22.1 Å². The van der Waals surface area contributed by atoms with E-state index in [2.05, 4.69) is 112 Å². The van der Waals surface area contributed by atoms with Crippen molar-refractivity contribution in [3.05, 3.63) is 72.1 Å². The van der Waals surface area contributed by atoms with Crippen molar-refractivity contribution in [3.63, 3.8) is 0 Å². The van der Waals surface area contributed by atoms with Crippen molar-refractivity contribution < 1.29 is 0 Å². The minimum atomic E-state index is 0.0439. The van der Waals surface area contributed by atoms with E-state index in [1.807, 2.05) is 0 Å². The molecule has 5 rings (SSSR count). The molecule has 0 radical (unpaired) electrons. The Morgan fingerprint density at radius 1 is 0.639 bits per heavy atom. The van der Waals surface area contributed by atoms with E-state index in [9.17, 15) is 0 Å². The Morgan fingerprint density at radius 2 is 1.25 bits per heavy atom. The SMILES string of the molecule is CCCC(C)(C)c1cccc(-c2nc3ccc(-c4ccc5nc(C(C)(C)CCC)[nH]c5c4)cc3[nH]2)c1. The number of nitrogens with zero attached hydrogens (tertiary/aromatic N) is 2. The van der Waals surface area contributed by atoms with Gasteiger partial charge < -0.3 is 9.97 Å². The summed E-state index contributed by atoms with van der Waals surface area (Å²) < 4.78 is 0. The van der Waals surface area contributed by atoms with E-state index < -0.39 is 0 Å². The van der Waals surface area contributed by atoms with Gasteiger partial charge in [-0.25, -0.2) is 9.97 Å². The van der Waals surface area contributed by atoms with Crippen LogP contribution < -0.4 is 0 Å². The molecule has 0 aliphatic carbocycles. The molecule has 36 heavy (non-hydrogen) atoms. The maximum Gasteiger partial charge on any atom is 0.138 e. The number of fused-ring (bicyclic) bond motifs is 2. The van der Waals surface area contributed by atoms with Gasteiger partial charge in [0, 0.05) is 11.0 Å². The molecule has 0 unspecified atom stereocenters. The quantitative estimate of drug-likeness (QED) is 0.234. The van der Waals surface area contributed by atoms with E-state index in [-0.39, 0.29) is 10.8 Å². The molecule has 0 amide bonds. The maximum absolute atomic E-state index is 4.91. The highest BCUT2D eigenvalue weighted by molar-refractivity contribution is 5.87. The van der Waals surface area contributed by atoms with Crippen LogP contribution in [0.25, 0.3) is 44.6 Å². The summed E-state index contributed by atoms with van der Waals surface area (Å²) in [5.41, 5.74) is 9.18. The Kier molecular flexibility index (Phi) is 6.23. The zero-order valence-corrected chi connectivity index (χ0v) is 22.5. The maximum atomic E-state index is 4.91. The van der Waals surface area contributed by atoms with Crippen LogP contribution >= 0.6 is 0 Å². The Bertz CT molecular complexity index is 1520. The highest BCUT2D eigenvalue weighted by Crippen LogP contribution is 2.33. The minimum absolute atomic E-state index is 0.0439. The fourth-order valence-electron chi connectivity index (χ4n) is 5.44. The number of hydrogen-bond acceptors (Lipinski definition) is 2. The van der Waals surface area contributed by atoms with Crippen LogP contribution in [0.3, 0.4) is 0 Å². The summed E-state index contributed by atoms with van der Waals surface area (Å²) >= 11 is 0. The van der Waals surface area contributed by atoms with Crippen LogP contribution in [0.1, 0.15) is 78.6 Å². The van der Waals surface area contributed by atoms with Crippen LogP contribution in [0.15, 0.2) is 60.7 Å². The molecule has 5 aromatic rings. The fraction of sp³-hybridized carbons (Fsp3) is 0.375. The first-order valence-electron chi connectivity index (χ1n) is 13.3. The molecule has 2 aromatic heterocycles. The summed E-state index contributed by atoms with van der Waals surface area (Å²) in [6.07, 6.45) is 4.59. The van der Waals surface area contributed by atoms with E-state index >= 15 is 0 Å². The van der Waals surface area contributed by atoms with Gasteiger partial charge in [-0.1, -0.05) is 84.7 Å². The Labute approximate surface area is 214 Å². The molecule has 0 saturated heterocycles. The van der Waals surface area contributed by atoms with E-state index in [1.165, 1.54) is 23.1 Å². The first-order valence-corrected chi connectivity index (χ1v) is 13.3. The largest absolute Gasteiger partial charge is 0.342 e. The molecule has 4 heteroatoms. The minimum Gasteiger partial charge on any atom is -0.342 e. The Balaban J connectivity index is 1.48. The molecular formula is C32H38N4. The highest BCUT2D eigenvalue weighted by atomic mass is 14.9. The predicted octanol–water partition coefficient (Wildman–Crippen LogP) is 8.93. The van der Waals surface area contributed by atoms with Gasteiger partial charge in [0.15, 0.2) is 0 Å². The summed E-state index contributed by atoms with van der Waals surface area (Å²) in [7, 11) is 0. The topological polar surface area (TPSA) is 57.4 Å². The zero-order valence-electron chi connectivity index (χ0n) is 22.5. The van der Waals surface area contributed by atoms with Crippen molar-refractivity contribution in [2.24, 2.45) is 0 Å². The molecule has 0 bridgehead atoms. The summed E-state index contributed by atoms with van der Waals surface area (Å²) in [5, 5.41) is 0. The predicted molar refractivity (Wildman–Crippen MR) is 152 cm³/mol. The van der Waals surface area contributed by atoms with Gasteiger partial charge in [0.1, 0.15) is 11.6 Å². The molecule has 0 fully saturated rings. The standard InChI is InChI=1S/C32H38N4/c1-7-16-31(3,4)24-11-9-10-23(18-24)29-33-25-14-12-21(19-27(25)34-29)22-13-15-26-28(20-22)36-30(35-26)32(5,6)17-8-2/h9-15,18-20H,7-8,16-17H2,1-6H3,(H,33,34)(H,35,36). The van der Waals surface area contributed by atoms with Crippen molar-refractivity contribution in [2.75, 3.05) is 0 Å². The van der Waals surface area contributed by atoms with Crippen LogP contribution in [-0.4, -0.2) is 19.9 Å². The lowest BCUT2D eigenvalue weighted by molar-refractivity contribution is 0.450. The average Bonchev–Trinajstić information content (AvgIpc) is 3.48. The van der Waals surface area contributed by atoms with Gasteiger partial charge in [0.2, 0.25) is 0 Å². The number of rotatable bonds is 8. The molecule has 2 heterocycles. The van der Waals surface area contributed by atoms with Gasteiger partial charge >= 0.3 is 0 Å². The molecule has 4 nitrogen and oxygen atoms in total.